The molecule has 1 aliphatic carbocycles. The maximum atomic E-state index is 12.2. The lowest BCUT2D eigenvalue weighted by Crippen LogP contribution is -2.15. The Hall–Kier alpha value is -3.47. The van der Waals surface area contributed by atoms with E-state index in [1.54, 1.807) is 6.20 Å². The van der Waals surface area contributed by atoms with E-state index in [0.717, 1.165) is 39.2 Å². The summed E-state index contributed by atoms with van der Waals surface area (Å²) in [5, 5.41) is 5.84. The lowest BCUT2D eigenvalue weighted by atomic mass is 9.98. The number of carbonyl (C=O) groups is 1. The van der Waals surface area contributed by atoms with Crippen molar-refractivity contribution in [2.45, 2.75) is 13.3 Å². The fourth-order valence-corrected chi connectivity index (χ4v) is 3.76. The van der Waals surface area contributed by atoms with Gasteiger partial charge in [0, 0.05) is 34.8 Å². The summed E-state index contributed by atoms with van der Waals surface area (Å²) in [6.45, 7) is 2.09. The molecular weight excluding hydrogens is 348 g/mol. The quantitative estimate of drug-likeness (QED) is 0.517. The van der Waals surface area contributed by atoms with E-state index in [1.165, 1.54) is 0 Å². The number of nitrogens with two attached hydrogens (primary N) is 1. The van der Waals surface area contributed by atoms with Crippen LogP contribution in [0.15, 0.2) is 60.9 Å². The summed E-state index contributed by atoms with van der Waals surface area (Å²) in [6, 6.07) is 16.0. The number of hydrogen-bond donors (Lipinski definition) is 2. The van der Waals surface area contributed by atoms with Crippen LogP contribution in [0.5, 0.6) is 0 Å². The first-order valence-corrected chi connectivity index (χ1v) is 9.44. The summed E-state index contributed by atoms with van der Waals surface area (Å²) in [5.74, 6) is 1.18. The third-order valence-electron chi connectivity index (χ3n) is 5.53. The molecule has 0 radical (unpaired) electrons. The Balaban J connectivity index is 1.59. The molecule has 0 bridgehead atoms. The third kappa shape index (κ3) is 2.85. The number of nitrogen functional groups attached to an aromatic ring is 1. The summed E-state index contributed by atoms with van der Waals surface area (Å²) < 4.78 is 0. The Morgan fingerprint density at radius 2 is 1.93 bits per heavy atom. The number of fused-ring (bicyclic) bond motifs is 2. The van der Waals surface area contributed by atoms with Gasteiger partial charge < -0.3 is 11.1 Å². The first kappa shape index (κ1) is 16.7. The zero-order chi connectivity index (χ0) is 19.3. The highest BCUT2D eigenvalue weighted by Gasteiger charge is 2.39. The molecule has 0 saturated heterocycles. The van der Waals surface area contributed by atoms with Gasteiger partial charge in [0.2, 0.25) is 5.91 Å². The van der Waals surface area contributed by atoms with Crippen LogP contribution >= 0.6 is 0 Å². The molecule has 1 saturated carbocycles. The Morgan fingerprint density at radius 1 is 1.11 bits per heavy atom. The van der Waals surface area contributed by atoms with Crippen molar-refractivity contribution < 1.29 is 4.79 Å². The van der Waals surface area contributed by atoms with Gasteiger partial charge in [0.05, 0.1) is 5.52 Å². The number of hydrogen-bond acceptors (Lipinski definition) is 4. The summed E-state index contributed by atoms with van der Waals surface area (Å²) in [5.41, 5.74) is 10.0. The number of anilines is 2. The Kier molecular flexibility index (Phi) is 3.76. The van der Waals surface area contributed by atoms with E-state index in [0.29, 0.717) is 17.4 Å². The number of para-hydroxylation sites is 1. The van der Waals surface area contributed by atoms with E-state index in [1.807, 2.05) is 42.6 Å². The van der Waals surface area contributed by atoms with Crippen LogP contribution < -0.4 is 11.1 Å². The number of benzene rings is 2. The van der Waals surface area contributed by atoms with Crippen LogP contribution in [0.1, 0.15) is 13.3 Å². The van der Waals surface area contributed by atoms with Gasteiger partial charge in [0.15, 0.2) is 0 Å². The highest BCUT2D eigenvalue weighted by molar-refractivity contribution is 6.02. The molecular formula is C23H20N4O. The van der Waals surface area contributed by atoms with Crippen molar-refractivity contribution >= 4 is 39.1 Å². The van der Waals surface area contributed by atoms with Crippen LogP contribution in [0.25, 0.3) is 32.8 Å². The van der Waals surface area contributed by atoms with E-state index in [9.17, 15) is 4.79 Å². The molecule has 5 nitrogen and oxygen atoms in total. The summed E-state index contributed by atoms with van der Waals surface area (Å²) in [4.78, 5) is 21.1. The minimum Gasteiger partial charge on any atom is -0.398 e. The molecule has 5 heteroatoms. The van der Waals surface area contributed by atoms with E-state index in [2.05, 4.69) is 34.3 Å². The highest BCUT2D eigenvalue weighted by Crippen LogP contribution is 2.38. The van der Waals surface area contributed by atoms with Crippen molar-refractivity contribution in [2.75, 3.05) is 11.1 Å². The van der Waals surface area contributed by atoms with Crippen LogP contribution in [0.2, 0.25) is 0 Å². The summed E-state index contributed by atoms with van der Waals surface area (Å²) in [6.07, 6.45) is 4.49. The van der Waals surface area contributed by atoms with Gasteiger partial charge in [-0.1, -0.05) is 25.1 Å². The molecule has 138 valence electrons. The molecule has 1 fully saturated rings. The van der Waals surface area contributed by atoms with Gasteiger partial charge in [0.25, 0.3) is 0 Å². The number of pyridine rings is 2. The fraction of sp³-hybridized carbons (Fsp3) is 0.174. The Morgan fingerprint density at radius 3 is 2.75 bits per heavy atom. The number of nitrogens with one attached hydrogen (secondary N) is 1. The zero-order valence-corrected chi connectivity index (χ0v) is 15.5. The molecule has 2 atom stereocenters. The van der Waals surface area contributed by atoms with E-state index in [-0.39, 0.29) is 11.8 Å². The molecule has 4 aromatic rings. The topological polar surface area (TPSA) is 80.9 Å². The normalized spacial score (nSPS) is 18.3. The number of aromatic nitrogens is 2. The second-order valence-corrected chi connectivity index (χ2v) is 7.54. The molecule has 0 unspecified atom stereocenters. The predicted octanol–water partition coefficient (Wildman–Crippen LogP) is 4.63. The molecule has 3 N–H and O–H groups in total. The smallest absolute Gasteiger partial charge is 0.228 e. The van der Waals surface area contributed by atoms with Gasteiger partial charge in [-0.15, -0.1) is 0 Å². The van der Waals surface area contributed by atoms with Crippen molar-refractivity contribution in [3.8, 4) is 11.1 Å². The number of nitrogens with zero attached hydrogens (tertiary/aromatic N) is 2. The van der Waals surface area contributed by atoms with E-state index < -0.39 is 0 Å². The first-order chi connectivity index (χ1) is 13.6. The SMILES string of the molecule is C[C@H]1C[C@@H]1C(=O)Nc1cc2cc(-c3ccnc4ccccc34)cc(N)c2cn1. The fourth-order valence-electron chi connectivity index (χ4n) is 3.76. The lowest BCUT2D eigenvalue weighted by Gasteiger charge is -2.11. The van der Waals surface area contributed by atoms with Crippen LogP contribution in [-0.4, -0.2) is 15.9 Å². The lowest BCUT2D eigenvalue weighted by molar-refractivity contribution is -0.117. The molecule has 1 amide bonds. The van der Waals surface area contributed by atoms with Gasteiger partial charge in [0.1, 0.15) is 5.82 Å². The second-order valence-electron chi connectivity index (χ2n) is 7.54. The highest BCUT2D eigenvalue weighted by atomic mass is 16.2. The van der Waals surface area contributed by atoms with Gasteiger partial charge in [-0.2, -0.15) is 0 Å². The maximum absolute atomic E-state index is 12.2. The van der Waals surface area contributed by atoms with Gasteiger partial charge in [-0.25, -0.2) is 4.98 Å². The minimum absolute atomic E-state index is 0.0450. The van der Waals surface area contributed by atoms with Gasteiger partial charge in [-0.3, -0.25) is 9.78 Å². The Bertz CT molecular complexity index is 1230. The monoisotopic (exact) mass is 368 g/mol. The molecule has 5 rings (SSSR count). The third-order valence-corrected chi connectivity index (χ3v) is 5.53. The average Bonchev–Trinajstić information content (AvgIpc) is 3.44. The van der Waals surface area contributed by atoms with E-state index >= 15 is 0 Å². The molecule has 28 heavy (non-hydrogen) atoms. The van der Waals surface area contributed by atoms with Gasteiger partial charge >= 0.3 is 0 Å². The van der Waals surface area contributed by atoms with Gasteiger partial charge in [-0.05, 0) is 59.2 Å². The average molecular weight is 368 g/mol. The zero-order valence-electron chi connectivity index (χ0n) is 15.5. The molecule has 0 spiro atoms. The standard InChI is InChI=1S/C23H20N4O/c1-13-8-18(13)23(28)27-22-11-15-9-14(10-20(24)19(15)12-26-22)16-6-7-25-21-5-3-2-4-17(16)21/h2-7,9-13,18H,8,24H2,1H3,(H,26,27,28)/t13-,18-/m0/s1. The van der Waals surface area contributed by atoms with Crippen LogP contribution in [0, 0.1) is 11.8 Å². The predicted molar refractivity (Wildman–Crippen MR) is 113 cm³/mol. The molecule has 2 heterocycles. The summed E-state index contributed by atoms with van der Waals surface area (Å²) in [7, 11) is 0. The Labute approximate surface area is 162 Å². The molecule has 1 aliphatic rings. The van der Waals surface area contributed by atoms with Crippen molar-refractivity contribution in [3.05, 3.63) is 60.9 Å². The molecule has 0 aliphatic heterocycles. The van der Waals surface area contributed by atoms with E-state index in [4.69, 9.17) is 5.73 Å². The number of carbonyl (C=O) groups excluding carboxylic acids is 1. The minimum atomic E-state index is 0.0450. The maximum Gasteiger partial charge on any atom is 0.228 e. The first-order valence-electron chi connectivity index (χ1n) is 9.44. The van der Waals surface area contributed by atoms with Crippen molar-refractivity contribution in [3.63, 3.8) is 0 Å². The largest absolute Gasteiger partial charge is 0.398 e. The molecule has 2 aromatic carbocycles. The molecule has 2 aromatic heterocycles. The second kappa shape index (κ2) is 6.30. The van der Waals surface area contributed by atoms with Crippen molar-refractivity contribution in [1.82, 2.24) is 9.97 Å². The number of amides is 1. The number of rotatable bonds is 3. The van der Waals surface area contributed by atoms with Crippen LogP contribution in [0.3, 0.4) is 0 Å². The van der Waals surface area contributed by atoms with Crippen LogP contribution in [-0.2, 0) is 4.79 Å². The van der Waals surface area contributed by atoms with Crippen LogP contribution in [0.4, 0.5) is 11.5 Å². The van der Waals surface area contributed by atoms with Crippen molar-refractivity contribution in [1.29, 1.82) is 0 Å². The summed E-state index contributed by atoms with van der Waals surface area (Å²) >= 11 is 0. The van der Waals surface area contributed by atoms with Crippen molar-refractivity contribution in [2.24, 2.45) is 11.8 Å².